The van der Waals surface area contributed by atoms with Gasteiger partial charge in [-0.3, -0.25) is 9.59 Å². The Morgan fingerprint density at radius 2 is 2.00 bits per heavy atom. The van der Waals surface area contributed by atoms with Crippen LogP contribution in [0.4, 0.5) is 0 Å². The van der Waals surface area contributed by atoms with Crippen molar-refractivity contribution in [3.05, 3.63) is 24.2 Å². The van der Waals surface area contributed by atoms with E-state index in [0.29, 0.717) is 18.4 Å². The molecule has 92 valence electrons. The Morgan fingerprint density at radius 3 is 2.53 bits per heavy atom. The number of carboxylic acids is 1. The predicted octanol–water partition coefficient (Wildman–Crippen LogP) is 1.65. The van der Waals surface area contributed by atoms with E-state index in [1.54, 1.807) is 6.07 Å². The quantitative estimate of drug-likeness (QED) is 0.837. The maximum atomic E-state index is 11.7. The Labute approximate surface area is 98.8 Å². The Hall–Kier alpha value is -1.78. The first-order chi connectivity index (χ1) is 8.16. The van der Waals surface area contributed by atoms with Gasteiger partial charge in [0.05, 0.1) is 17.7 Å². The molecule has 1 aliphatic rings. The summed E-state index contributed by atoms with van der Waals surface area (Å²) in [5, 5.41) is 11.7. The lowest BCUT2D eigenvalue weighted by atomic mass is 9.86. The second-order valence-electron chi connectivity index (χ2n) is 4.37. The van der Waals surface area contributed by atoms with Crippen molar-refractivity contribution in [2.24, 2.45) is 5.92 Å². The number of hydrogen-bond donors (Lipinski definition) is 2. The second kappa shape index (κ2) is 5.03. The molecule has 1 amide bonds. The Bertz CT molecular complexity index is 391. The van der Waals surface area contributed by atoms with E-state index in [0.717, 1.165) is 12.8 Å². The fraction of sp³-hybridized carbons (Fsp3) is 0.500. The Morgan fingerprint density at radius 1 is 1.29 bits per heavy atom. The second-order valence-corrected chi connectivity index (χ2v) is 4.37. The number of nitrogens with one attached hydrogen (secondary N) is 1. The number of amides is 1. The molecule has 0 aromatic carbocycles. The van der Waals surface area contributed by atoms with Crippen molar-refractivity contribution in [2.75, 3.05) is 0 Å². The zero-order chi connectivity index (χ0) is 12.3. The lowest BCUT2D eigenvalue weighted by Crippen LogP contribution is -2.38. The summed E-state index contributed by atoms with van der Waals surface area (Å²) in [7, 11) is 0. The molecule has 17 heavy (non-hydrogen) atoms. The van der Waals surface area contributed by atoms with Crippen LogP contribution in [0.2, 0.25) is 0 Å². The minimum Gasteiger partial charge on any atom is -0.481 e. The predicted molar refractivity (Wildman–Crippen MR) is 59.6 cm³/mol. The molecule has 1 saturated carbocycles. The number of rotatable bonds is 3. The molecule has 2 N–H and O–H groups in total. The van der Waals surface area contributed by atoms with Crippen LogP contribution in [0.3, 0.4) is 0 Å². The maximum Gasteiger partial charge on any atom is 0.306 e. The third-order valence-electron chi connectivity index (χ3n) is 3.20. The van der Waals surface area contributed by atoms with Gasteiger partial charge in [-0.05, 0) is 31.7 Å². The molecule has 5 heteroatoms. The molecule has 1 fully saturated rings. The Kier molecular flexibility index (Phi) is 3.46. The van der Waals surface area contributed by atoms with E-state index in [2.05, 4.69) is 5.32 Å². The van der Waals surface area contributed by atoms with Crippen molar-refractivity contribution in [2.45, 2.75) is 31.7 Å². The highest BCUT2D eigenvalue weighted by molar-refractivity contribution is 5.93. The van der Waals surface area contributed by atoms with Crippen LogP contribution in [-0.2, 0) is 4.79 Å². The van der Waals surface area contributed by atoms with Crippen molar-refractivity contribution in [3.8, 4) is 0 Å². The molecular formula is C12H15NO4. The molecule has 1 aromatic rings. The van der Waals surface area contributed by atoms with E-state index >= 15 is 0 Å². The van der Waals surface area contributed by atoms with Gasteiger partial charge in [0, 0.05) is 6.04 Å². The molecule has 0 atom stereocenters. The molecule has 0 saturated heterocycles. The van der Waals surface area contributed by atoms with Gasteiger partial charge in [0.1, 0.15) is 6.26 Å². The van der Waals surface area contributed by atoms with Gasteiger partial charge >= 0.3 is 5.97 Å². The fourth-order valence-corrected chi connectivity index (χ4v) is 2.15. The lowest BCUT2D eigenvalue weighted by molar-refractivity contribution is -0.142. The topological polar surface area (TPSA) is 79.5 Å². The van der Waals surface area contributed by atoms with Crippen LogP contribution >= 0.6 is 0 Å². The van der Waals surface area contributed by atoms with E-state index in [4.69, 9.17) is 9.52 Å². The van der Waals surface area contributed by atoms with Gasteiger partial charge in [-0.2, -0.15) is 0 Å². The van der Waals surface area contributed by atoms with Crippen molar-refractivity contribution in [1.29, 1.82) is 0 Å². The van der Waals surface area contributed by atoms with Crippen LogP contribution < -0.4 is 5.32 Å². The molecule has 0 unspecified atom stereocenters. The molecular weight excluding hydrogens is 222 g/mol. The van der Waals surface area contributed by atoms with Crippen LogP contribution in [0, 0.1) is 5.92 Å². The molecule has 0 spiro atoms. The zero-order valence-electron chi connectivity index (χ0n) is 9.39. The third-order valence-corrected chi connectivity index (χ3v) is 3.20. The van der Waals surface area contributed by atoms with Gasteiger partial charge in [0.15, 0.2) is 0 Å². The molecule has 2 rings (SSSR count). The highest BCUT2D eigenvalue weighted by atomic mass is 16.4. The first kappa shape index (κ1) is 11.7. The minimum atomic E-state index is -0.732. The number of carboxylic acid groups (broad SMARTS) is 1. The summed E-state index contributed by atoms with van der Waals surface area (Å²) in [6, 6.07) is 1.69. The lowest BCUT2D eigenvalue weighted by Gasteiger charge is -2.26. The van der Waals surface area contributed by atoms with Gasteiger partial charge < -0.3 is 14.8 Å². The molecule has 0 aliphatic heterocycles. The first-order valence-corrected chi connectivity index (χ1v) is 5.72. The maximum absolute atomic E-state index is 11.7. The van der Waals surface area contributed by atoms with Crippen LogP contribution in [-0.4, -0.2) is 23.0 Å². The smallest absolute Gasteiger partial charge is 0.306 e. The van der Waals surface area contributed by atoms with Crippen molar-refractivity contribution >= 4 is 11.9 Å². The highest BCUT2D eigenvalue weighted by Gasteiger charge is 2.26. The van der Waals surface area contributed by atoms with Gasteiger partial charge in [-0.15, -0.1) is 0 Å². The highest BCUT2D eigenvalue weighted by Crippen LogP contribution is 2.24. The van der Waals surface area contributed by atoms with Crippen LogP contribution in [0.15, 0.2) is 23.0 Å². The standard InChI is InChI=1S/C12H15NO4/c14-11(9-5-6-17-7-9)13-10-3-1-8(2-4-10)12(15)16/h5-8,10H,1-4H2,(H,13,14)(H,15,16). The normalized spacial score (nSPS) is 24.2. The molecule has 1 aliphatic carbocycles. The summed E-state index contributed by atoms with van der Waals surface area (Å²) in [4.78, 5) is 22.5. The minimum absolute atomic E-state index is 0.0769. The van der Waals surface area contributed by atoms with Crippen LogP contribution in [0.25, 0.3) is 0 Å². The summed E-state index contributed by atoms with van der Waals surface area (Å²) >= 11 is 0. The summed E-state index contributed by atoms with van der Waals surface area (Å²) in [6.45, 7) is 0. The van der Waals surface area contributed by atoms with Gasteiger partial charge in [0.2, 0.25) is 0 Å². The molecule has 0 radical (unpaired) electrons. The monoisotopic (exact) mass is 237 g/mol. The number of aliphatic carboxylic acids is 1. The summed E-state index contributed by atoms with van der Waals surface area (Å²) in [5.74, 6) is -1.14. The summed E-state index contributed by atoms with van der Waals surface area (Å²) in [5.41, 5.74) is 0.505. The van der Waals surface area contributed by atoms with Crippen LogP contribution in [0.5, 0.6) is 0 Å². The summed E-state index contributed by atoms with van der Waals surface area (Å²) < 4.78 is 4.83. The molecule has 1 heterocycles. The van der Waals surface area contributed by atoms with E-state index in [1.165, 1.54) is 12.5 Å². The average molecular weight is 237 g/mol. The van der Waals surface area contributed by atoms with E-state index in [9.17, 15) is 9.59 Å². The van der Waals surface area contributed by atoms with E-state index in [-0.39, 0.29) is 17.9 Å². The van der Waals surface area contributed by atoms with Crippen LogP contribution in [0.1, 0.15) is 36.0 Å². The fourth-order valence-electron chi connectivity index (χ4n) is 2.15. The average Bonchev–Trinajstić information content (AvgIpc) is 2.83. The third kappa shape index (κ3) is 2.87. The van der Waals surface area contributed by atoms with Gasteiger partial charge in [0.25, 0.3) is 5.91 Å². The van der Waals surface area contributed by atoms with Gasteiger partial charge in [-0.25, -0.2) is 0 Å². The van der Waals surface area contributed by atoms with Crippen molar-refractivity contribution in [3.63, 3.8) is 0 Å². The molecule has 5 nitrogen and oxygen atoms in total. The van der Waals surface area contributed by atoms with Crippen molar-refractivity contribution in [1.82, 2.24) is 5.32 Å². The first-order valence-electron chi connectivity index (χ1n) is 5.72. The largest absolute Gasteiger partial charge is 0.481 e. The van der Waals surface area contributed by atoms with Crippen molar-refractivity contribution < 1.29 is 19.1 Å². The Balaban J connectivity index is 1.82. The van der Waals surface area contributed by atoms with E-state index in [1.807, 2.05) is 0 Å². The van der Waals surface area contributed by atoms with E-state index < -0.39 is 5.97 Å². The molecule has 0 bridgehead atoms. The zero-order valence-corrected chi connectivity index (χ0v) is 9.39. The number of hydrogen-bond acceptors (Lipinski definition) is 3. The summed E-state index contributed by atoms with van der Waals surface area (Å²) in [6.07, 6.45) is 5.56. The molecule has 1 aromatic heterocycles. The number of carbonyl (C=O) groups is 2. The van der Waals surface area contributed by atoms with Gasteiger partial charge in [-0.1, -0.05) is 0 Å². The SMILES string of the molecule is O=C(NC1CCC(C(=O)O)CC1)c1ccoc1. The number of carbonyl (C=O) groups excluding carboxylic acids is 1. The number of furan rings is 1.